The van der Waals surface area contributed by atoms with E-state index in [0.717, 1.165) is 19.6 Å². The van der Waals surface area contributed by atoms with Crippen molar-refractivity contribution in [1.82, 2.24) is 9.80 Å². The summed E-state index contributed by atoms with van der Waals surface area (Å²) in [4.78, 5) is 17.8. The lowest BCUT2D eigenvalue weighted by atomic mass is 9.86. The predicted octanol–water partition coefficient (Wildman–Crippen LogP) is 5.96. The second-order valence-corrected chi connectivity index (χ2v) is 9.89. The average Bonchev–Trinajstić information content (AvgIpc) is 3.42. The lowest BCUT2D eigenvalue weighted by molar-refractivity contribution is 0.0668. The molecular weight excluding hydrogens is 419 g/mol. The van der Waals surface area contributed by atoms with Crippen LogP contribution in [-0.4, -0.2) is 41.4 Å². The van der Waals surface area contributed by atoms with Gasteiger partial charge in [0.2, 0.25) is 0 Å². The van der Waals surface area contributed by atoms with Crippen molar-refractivity contribution >= 4 is 17.2 Å². The minimum Gasteiger partial charge on any atom is -0.336 e. The molecule has 2 atom stereocenters. The molecule has 4 rings (SSSR count). The maximum Gasteiger partial charge on any atom is 0.254 e. The Labute approximate surface area is 194 Å². The molecule has 1 saturated heterocycles. The molecule has 5 heteroatoms. The van der Waals surface area contributed by atoms with E-state index in [9.17, 15) is 9.18 Å². The van der Waals surface area contributed by atoms with Crippen LogP contribution in [0.4, 0.5) is 4.39 Å². The number of rotatable bonds is 7. The molecule has 2 heterocycles. The van der Waals surface area contributed by atoms with E-state index in [0.29, 0.717) is 23.9 Å². The summed E-state index contributed by atoms with van der Waals surface area (Å²) < 4.78 is 13.4. The van der Waals surface area contributed by atoms with Crippen LogP contribution in [0.5, 0.6) is 0 Å². The quantitative estimate of drug-likeness (QED) is 0.443. The van der Waals surface area contributed by atoms with Crippen molar-refractivity contribution in [2.45, 2.75) is 39.3 Å². The Morgan fingerprint density at radius 1 is 1.12 bits per heavy atom. The Kier molecular flexibility index (Phi) is 7.07. The van der Waals surface area contributed by atoms with Crippen molar-refractivity contribution in [2.24, 2.45) is 5.92 Å². The van der Waals surface area contributed by atoms with Crippen LogP contribution in [0.3, 0.4) is 0 Å². The minimum atomic E-state index is -0.322. The van der Waals surface area contributed by atoms with E-state index in [1.54, 1.807) is 23.5 Å². The van der Waals surface area contributed by atoms with E-state index in [4.69, 9.17) is 0 Å². The largest absolute Gasteiger partial charge is 0.336 e. The fraction of sp³-hybridized carbons (Fsp3) is 0.370. The highest BCUT2D eigenvalue weighted by atomic mass is 32.1. The van der Waals surface area contributed by atoms with Crippen molar-refractivity contribution in [3.05, 3.63) is 93.4 Å². The molecule has 0 N–H and O–H groups in total. The Bertz CT molecular complexity index is 1030. The Morgan fingerprint density at radius 2 is 1.88 bits per heavy atom. The number of aryl methyl sites for hydroxylation is 1. The molecule has 2 aromatic carbocycles. The van der Waals surface area contributed by atoms with Gasteiger partial charge in [-0.15, -0.1) is 0 Å². The smallest absolute Gasteiger partial charge is 0.254 e. The number of hydrogen-bond acceptors (Lipinski definition) is 3. The third-order valence-corrected chi connectivity index (χ3v) is 7.23. The summed E-state index contributed by atoms with van der Waals surface area (Å²) in [6.07, 6.45) is 0. The van der Waals surface area contributed by atoms with Gasteiger partial charge in [0.1, 0.15) is 5.82 Å². The van der Waals surface area contributed by atoms with E-state index in [2.05, 4.69) is 66.8 Å². The number of nitrogens with zero attached hydrogens (tertiary/aromatic N) is 2. The molecule has 0 saturated carbocycles. The zero-order valence-corrected chi connectivity index (χ0v) is 19.8. The molecule has 3 aromatic rings. The average molecular weight is 451 g/mol. The van der Waals surface area contributed by atoms with Gasteiger partial charge in [-0.25, -0.2) is 4.39 Å². The molecule has 32 heavy (non-hydrogen) atoms. The highest BCUT2D eigenvalue weighted by molar-refractivity contribution is 7.07. The first kappa shape index (κ1) is 22.7. The first-order chi connectivity index (χ1) is 15.4. The molecule has 1 amide bonds. The second kappa shape index (κ2) is 9.97. The summed E-state index contributed by atoms with van der Waals surface area (Å²) in [5.41, 5.74) is 4.58. The molecule has 0 aliphatic carbocycles. The number of benzene rings is 2. The third kappa shape index (κ3) is 5.11. The van der Waals surface area contributed by atoms with Crippen LogP contribution >= 0.6 is 11.3 Å². The van der Waals surface area contributed by atoms with Crippen molar-refractivity contribution < 1.29 is 9.18 Å². The predicted molar refractivity (Wildman–Crippen MR) is 130 cm³/mol. The Morgan fingerprint density at radius 3 is 2.53 bits per heavy atom. The lowest BCUT2D eigenvalue weighted by Gasteiger charge is -2.32. The number of likely N-dealkylation sites (tertiary alicyclic amines) is 1. The lowest BCUT2D eigenvalue weighted by Crippen LogP contribution is -2.42. The Hall–Kier alpha value is -2.50. The second-order valence-electron chi connectivity index (χ2n) is 9.11. The van der Waals surface area contributed by atoms with Crippen LogP contribution in [0, 0.1) is 18.7 Å². The van der Waals surface area contributed by atoms with Gasteiger partial charge >= 0.3 is 0 Å². The highest BCUT2D eigenvalue weighted by Gasteiger charge is 2.37. The molecule has 0 bridgehead atoms. The van der Waals surface area contributed by atoms with Gasteiger partial charge in [-0.3, -0.25) is 9.69 Å². The number of carbonyl (C=O) groups excluding carboxylic acids is 1. The van der Waals surface area contributed by atoms with Crippen LogP contribution in [0.2, 0.25) is 0 Å². The monoisotopic (exact) mass is 450 g/mol. The van der Waals surface area contributed by atoms with Crippen molar-refractivity contribution in [3.8, 4) is 0 Å². The SMILES string of the molecule is Cc1ccccc1C1CN(Cc2ccsc2)CC1CN(C(=O)c1ccc(F)cc1)C(C)C. The van der Waals surface area contributed by atoms with Crippen LogP contribution < -0.4 is 0 Å². The molecule has 1 fully saturated rings. The summed E-state index contributed by atoms with van der Waals surface area (Å²) in [6, 6.07) is 16.8. The van der Waals surface area contributed by atoms with E-state index in [1.807, 2.05) is 4.90 Å². The summed E-state index contributed by atoms with van der Waals surface area (Å²) in [7, 11) is 0. The molecular formula is C27H31FN2OS. The molecule has 1 aromatic heterocycles. The van der Waals surface area contributed by atoms with E-state index in [-0.39, 0.29) is 17.8 Å². The number of amides is 1. The first-order valence-electron chi connectivity index (χ1n) is 11.3. The van der Waals surface area contributed by atoms with Crippen molar-refractivity contribution in [3.63, 3.8) is 0 Å². The van der Waals surface area contributed by atoms with Crippen molar-refractivity contribution in [1.29, 1.82) is 0 Å². The number of carbonyl (C=O) groups is 1. The molecule has 0 radical (unpaired) electrons. The number of hydrogen-bond donors (Lipinski definition) is 0. The van der Waals surface area contributed by atoms with Gasteiger partial charge in [0.15, 0.2) is 0 Å². The summed E-state index contributed by atoms with van der Waals surface area (Å²) in [5.74, 6) is 0.357. The van der Waals surface area contributed by atoms with Gasteiger partial charge < -0.3 is 4.90 Å². The maximum atomic E-state index is 13.4. The van der Waals surface area contributed by atoms with E-state index >= 15 is 0 Å². The maximum absolute atomic E-state index is 13.4. The highest BCUT2D eigenvalue weighted by Crippen LogP contribution is 2.36. The zero-order valence-electron chi connectivity index (χ0n) is 19.0. The van der Waals surface area contributed by atoms with Gasteiger partial charge in [0.05, 0.1) is 0 Å². The van der Waals surface area contributed by atoms with Gasteiger partial charge in [-0.2, -0.15) is 11.3 Å². The van der Waals surface area contributed by atoms with Gasteiger partial charge in [-0.1, -0.05) is 24.3 Å². The topological polar surface area (TPSA) is 23.6 Å². The molecule has 1 aliphatic rings. The van der Waals surface area contributed by atoms with Crippen LogP contribution in [0.1, 0.15) is 46.8 Å². The fourth-order valence-corrected chi connectivity index (χ4v) is 5.47. The minimum absolute atomic E-state index is 0.0279. The molecule has 0 spiro atoms. The van der Waals surface area contributed by atoms with Crippen LogP contribution in [0.15, 0.2) is 65.4 Å². The standard InChI is InChI=1S/C27H31FN2OS/c1-19(2)30(27(31)22-8-10-24(28)11-9-22)16-23-15-29(14-21-12-13-32-18-21)17-26(23)25-7-5-4-6-20(25)3/h4-13,18-19,23,26H,14-17H2,1-3H3. The van der Waals surface area contributed by atoms with Crippen LogP contribution in [0.25, 0.3) is 0 Å². The summed E-state index contributed by atoms with van der Waals surface area (Å²) >= 11 is 1.73. The van der Waals surface area contributed by atoms with E-state index < -0.39 is 0 Å². The molecule has 1 aliphatic heterocycles. The van der Waals surface area contributed by atoms with Crippen molar-refractivity contribution in [2.75, 3.05) is 19.6 Å². The molecule has 3 nitrogen and oxygen atoms in total. The number of thiophene rings is 1. The van der Waals surface area contributed by atoms with Gasteiger partial charge in [0.25, 0.3) is 5.91 Å². The van der Waals surface area contributed by atoms with Crippen LogP contribution in [-0.2, 0) is 6.54 Å². The molecule has 168 valence electrons. The normalized spacial score (nSPS) is 18.9. The third-order valence-electron chi connectivity index (χ3n) is 6.50. The van der Waals surface area contributed by atoms with Gasteiger partial charge in [0, 0.05) is 43.7 Å². The first-order valence-corrected chi connectivity index (χ1v) is 12.2. The Balaban J connectivity index is 1.58. The number of halogens is 1. The summed E-state index contributed by atoms with van der Waals surface area (Å²) in [6.45, 7) is 9.86. The van der Waals surface area contributed by atoms with E-state index in [1.165, 1.54) is 28.8 Å². The van der Waals surface area contributed by atoms with Gasteiger partial charge in [-0.05, 0) is 84.5 Å². The zero-order chi connectivity index (χ0) is 22.7. The molecule has 2 unspecified atom stereocenters. The fourth-order valence-electron chi connectivity index (χ4n) is 4.81. The summed E-state index contributed by atoms with van der Waals surface area (Å²) in [5, 5.41) is 4.35.